The quantitative estimate of drug-likeness (QED) is 0.342. The Morgan fingerprint density at radius 2 is 1.81 bits per heavy atom. The van der Waals surface area contributed by atoms with Gasteiger partial charge in [0.05, 0.1) is 6.04 Å². The minimum absolute atomic E-state index is 0.0185. The first kappa shape index (κ1) is 32.2. The smallest absolute Gasteiger partial charge is 0.368 e. The second-order valence-electron chi connectivity index (χ2n) is 13.5. The number of hydrogen-bond acceptors (Lipinski definition) is 7. The maximum Gasteiger partial charge on any atom is 0.522 e. The molecule has 11 nitrogen and oxygen atoms in total. The van der Waals surface area contributed by atoms with E-state index in [0.717, 1.165) is 6.42 Å². The van der Waals surface area contributed by atoms with Gasteiger partial charge in [-0.05, 0) is 48.3 Å². The molecule has 0 spiro atoms. The van der Waals surface area contributed by atoms with Crippen molar-refractivity contribution in [3.63, 3.8) is 0 Å². The predicted octanol–water partition coefficient (Wildman–Crippen LogP) is 1.30. The first-order valence-electron chi connectivity index (χ1n) is 14.5. The highest BCUT2D eigenvalue weighted by atomic mass is 19.4. The molecule has 14 heteroatoms. The fourth-order valence-corrected chi connectivity index (χ4v) is 6.58. The van der Waals surface area contributed by atoms with Crippen LogP contribution in [0.2, 0.25) is 0 Å². The molecular formula is C28H41F3N4O7. The van der Waals surface area contributed by atoms with Crippen LogP contribution in [-0.2, 0) is 33.4 Å². The first-order chi connectivity index (χ1) is 19.4. The molecule has 1 saturated carbocycles. The molecule has 4 aliphatic rings. The zero-order valence-electron chi connectivity index (χ0n) is 24.6. The van der Waals surface area contributed by atoms with Crippen LogP contribution in [0, 0.1) is 28.6 Å². The van der Waals surface area contributed by atoms with E-state index >= 15 is 0 Å². The molecular weight excluding hydrogens is 561 g/mol. The highest BCUT2D eigenvalue weighted by molar-refractivity contribution is 5.97. The molecule has 0 aromatic rings. The van der Waals surface area contributed by atoms with E-state index in [4.69, 9.17) is 4.74 Å². The number of carbonyl (C=O) groups excluding carboxylic acids is 5. The van der Waals surface area contributed by atoms with Gasteiger partial charge in [-0.15, -0.1) is 13.2 Å². The van der Waals surface area contributed by atoms with E-state index in [-0.39, 0.29) is 36.1 Å². The van der Waals surface area contributed by atoms with Crippen LogP contribution in [0.3, 0.4) is 0 Å². The van der Waals surface area contributed by atoms with Gasteiger partial charge >= 0.3 is 6.36 Å². The van der Waals surface area contributed by atoms with Gasteiger partial charge in [-0.25, -0.2) is 0 Å². The maximum absolute atomic E-state index is 14.0. The van der Waals surface area contributed by atoms with Crippen molar-refractivity contribution in [2.24, 2.45) is 28.6 Å². The number of amides is 4. The first-order valence-corrected chi connectivity index (χ1v) is 14.5. The average Bonchev–Trinajstić information content (AvgIpc) is 3.46. The highest BCUT2D eigenvalue weighted by Crippen LogP contribution is 2.65. The number of Topliss-reactive ketones (excluding diaryl/α,β-unsaturated/α-hetero) is 1. The summed E-state index contributed by atoms with van der Waals surface area (Å²) in [4.78, 5) is 67.2. The Morgan fingerprint density at radius 3 is 2.36 bits per heavy atom. The van der Waals surface area contributed by atoms with Crippen molar-refractivity contribution in [1.29, 1.82) is 0 Å². The van der Waals surface area contributed by atoms with Gasteiger partial charge in [0.25, 0.3) is 0 Å². The number of halogens is 3. The number of ketones is 1. The molecule has 0 radical (unpaired) electrons. The van der Waals surface area contributed by atoms with Gasteiger partial charge in [0.15, 0.2) is 5.78 Å². The van der Waals surface area contributed by atoms with Crippen LogP contribution < -0.4 is 16.0 Å². The van der Waals surface area contributed by atoms with Crippen LogP contribution in [0.5, 0.6) is 0 Å². The summed E-state index contributed by atoms with van der Waals surface area (Å²) >= 11 is 0. The normalized spacial score (nSPS) is 29.9. The summed E-state index contributed by atoms with van der Waals surface area (Å²) in [7, 11) is 0. The van der Waals surface area contributed by atoms with Gasteiger partial charge in [0, 0.05) is 25.6 Å². The zero-order chi connectivity index (χ0) is 31.2. The summed E-state index contributed by atoms with van der Waals surface area (Å²) in [5.74, 6) is -3.89. The third kappa shape index (κ3) is 6.90. The molecule has 3 aliphatic heterocycles. The van der Waals surface area contributed by atoms with Crippen molar-refractivity contribution < 1.29 is 46.6 Å². The monoisotopic (exact) mass is 602 g/mol. The molecule has 7 atom stereocenters. The Kier molecular flexibility index (Phi) is 9.00. The van der Waals surface area contributed by atoms with E-state index in [1.54, 1.807) is 20.8 Å². The molecule has 236 valence electrons. The fraction of sp³-hybridized carbons (Fsp3) is 0.821. The van der Waals surface area contributed by atoms with Gasteiger partial charge in [-0.2, -0.15) is 0 Å². The second kappa shape index (κ2) is 11.7. The van der Waals surface area contributed by atoms with E-state index in [9.17, 15) is 37.1 Å². The lowest BCUT2D eigenvalue weighted by atomic mass is 9.85. The van der Waals surface area contributed by atoms with Gasteiger partial charge in [0.2, 0.25) is 23.6 Å². The Hall–Kier alpha value is -2.74. The summed E-state index contributed by atoms with van der Waals surface area (Å²) < 4.78 is 47.3. The van der Waals surface area contributed by atoms with Crippen molar-refractivity contribution in [2.45, 2.75) is 90.9 Å². The van der Waals surface area contributed by atoms with E-state index in [1.807, 2.05) is 13.8 Å². The van der Waals surface area contributed by atoms with Crippen LogP contribution in [-0.4, -0.2) is 91.2 Å². The lowest BCUT2D eigenvalue weighted by molar-refractivity contribution is -0.321. The predicted molar refractivity (Wildman–Crippen MR) is 141 cm³/mol. The number of nitrogens with one attached hydrogen (secondary N) is 3. The molecule has 0 aromatic heterocycles. The van der Waals surface area contributed by atoms with Gasteiger partial charge < -0.3 is 25.6 Å². The van der Waals surface area contributed by atoms with Gasteiger partial charge in [-0.1, -0.05) is 34.6 Å². The fourth-order valence-electron chi connectivity index (χ4n) is 6.58. The minimum atomic E-state index is -5.05. The molecule has 3 saturated heterocycles. The summed E-state index contributed by atoms with van der Waals surface area (Å²) in [6.07, 6.45) is -4.28. The van der Waals surface area contributed by atoms with E-state index in [0.29, 0.717) is 26.0 Å². The molecule has 3 heterocycles. The number of hydrogen-bond donors (Lipinski definition) is 3. The minimum Gasteiger partial charge on any atom is -0.368 e. The molecule has 4 fully saturated rings. The van der Waals surface area contributed by atoms with Crippen molar-refractivity contribution in [1.82, 2.24) is 20.9 Å². The van der Waals surface area contributed by atoms with Crippen molar-refractivity contribution in [3.8, 4) is 0 Å². The van der Waals surface area contributed by atoms with Crippen LogP contribution in [0.15, 0.2) is 0 Å². The molecule has 4 rings (SSSR count). The molecule has 4 amide bonds. The zero-order valence-corrected chi connectivity index (χ0v) is 24.6. The van der Waals surface area contributed by atoms with E-state index < -0.39 is 72.0 Å². The van der Waals surface area contributed by atoms with Crippen LogP contribution in [0.25, 0.3) is 0 Å². The Morgan fingerprint density at radius 1 is 1.12 bits per heavy atom. The number of nitrogens with zero attached hydrogens (tertiary/aromatic N) is 1. The molecule has 3 N–H and O–H groups in total. The largest absolute Gasteiger partial charge is 0.522 e. The van der Waals surface area contributed by atoms with Crippen LogP contribution in [0.1, 0.15) is 60.3 Å². The second-order valence-corrected chi connectivity index (χ2v) is 13.5. The van der Waals surface area contributed by atoms with Crippen molar-refractivity contribution >= 4 is 29.4 Å². The Labute approximate surface area is 243 Å². The third-order valence-electron chi connectivity index (χ3n) is 9.15. The van der Waals surface area contributed by atoms with Crippen LogP contribution in [0.4, 0.5) is 13.2 Å². The summed E-state index contributed by atoms with van der Waals surface area (Å²) in [5, 5.41) is 8.01. The number of carbonyl (C=O) groups is 5. The van der Waals surface area contributed by atoms with Gasteiger partial charge in [-0.3, -0.25) is 28.7 Å². The van der Waals surface area contributed by atoms with Gasteiger partial charge in [0.1, 0.15) is 24.8 Å². The summed E-state index contributed by atoms with van der Waals surface area (Å²) in [6, 6.07) is -3.42. The molecule has 1 aliphatic carbocycles. The van der Waals surface area contributed by atoms with Crippen molar-refractivity contribution in [3.05, 3.63) is 0 Å². The van der Waals surface area contributed by atoms with E-state index in [2.05, 4.69) is 20.7 Å². The van der Waals surface area contributed by atoms with E-state index in [1.165, 1.54) is 4.90 Å². The number of likely N-dealkylation sites (tertiary alicyclic amines) is 1. The van der Waals surface area contributed by atoms with Crippen molar-refractivity contribution in [2.75, 3.05) is 26.3 Å². The standard InChI is InChI=1S/C28H41F3N4O7/c1-26(2,3)21(34-23(38)18-7-6-10-41-18)25(40)35-12-15-19(27(15,4)5)20(35)24(39)33-16(11-14-8-9-32-22(14)37)17(36)13-42-28(29,30)31/h14-16,18-21H,6-13H2,1-5H3,(H,32,37)(H,33,39)(H,34,38)/t14-,15-,16-,18+,19-,20-,21+/m0/s1. The number of ether oxygens (including phenoxy) is 2. The Balaban J connectivity index is 1.55. The topological polar surface area (TPSA) is 143 Å². The lowest BCUT2D eigenvalue weighted by Crippen LogP contribution is -2.61. The average molecular weight is 603 g/mol. The Bertz CT molecular complexity index is 1100. The summed E-state index contributed by atoms with van der Waals surface area (Å²) in [5.41, 5.74) is -1.01. The molecule has 0 aromatic carbocycles. The maximum atomic E-state index is 14.0. The molecule has 0 bridgehead atoms. The number of piperidine rings is 1. The number of alkyl halides is 3. The molecule has 42 heavy (non-hydrogen) atoms. The highest BCUT2D eigenvalue weighted by Gasteiger charge is 2.70. The number of rotatable bonds is 10. The molecule has 0 unspecified atom stereocenters. The SMILES string of the molecule is CC(C)(C)[C@H](NC(=O)[C@H]1CCCO1)C(=O)N1C[C@H]2[C@@H]([C@H]1C(=O)N[C@@H](C[C@@H]1CCNC1=O)C(=O)COC(F)(F)F)C2(C)C. The van der Waals surface area contributed by atoms with Crippen LogP contribution >= 0.6 is 0 Å². The number of fused-ring (bicyclic) bond motifs is 1. The lowest BCUT2D eigenvalue weighted by Gasteiger charge is -2.38. The third-order valence-corrected chi connectivity index (χ3v) is 9.15. The summed E-state index contributed by atoms with van der Waals surface area (Å²) in [6.45, 7) is 9.05.